The predicted octanol–water partition coefficient (Wildman–Crippen LogP) is 4.78. The first-order chi connectivity index (χ1) is 13.9. The Morgan fingerprint density at radius 1 is 0.833 bits per heavy atom. The standard InChI is InChI=1S/C25H48N2O3/c1-16(2)14-21(12-10-11-13-26-19(7)8)23(28)15-22(17(3)4)25(30)27-20(9)24(29)18(5)6/h16-22,26H,10-15H2,1-9H3,(H,27,30)/t20-,21?,22-/m0/s1. The highest BCUT2D eigenvalue weighted by Gasteiger charge is 2.30. The smallest absolute Gasteiger partial charge is 0.224 e. The summed E-state index contributed by atoms with van der Waals surface area (Å²) >= 11 is 0. The molecule has 0 bridgehead atoms. The molecule has 3 atom stereocenters. The molecule has 5 nitrogen and oxygen atoms in total. The zero-order valence-corrected chi connectivity index (χ0v) is 21.0. The van der Waals surface area contributed by atoms with Gasteiger partial charge in [-0.1, -0.05) is 61.8 Å². The van der Waals surface area contributed by atoms with E-state index in [0.29, 0.717) is 12.0 Å². The number of amides is 1. The maximum Gasteiger partial charge on any atom is 0.224 e. The average molecular weight is 425 g/mol. The molecule has 1 unspecified atom stereocenters. The fourth-order valence-electron chi connectivity index (χ4n) is 3.79. The molecular formula is C25H48N2O3. The summed E-state index contributed by atoms with van der Waals surface area (Å²) in [6, 6.07) is -0.0397. The first-order valence-electron chi connectivity index (χ1n) is 12.0. The van der Waals surface area contributed by atoms with E-state index >= 15 is 0 Å². The molecule has 5 heteroatoms. The van der Waals surface area contributed by atoms with Crippen LogP contribution in [0.25, 0.3) is 0 Å². The Morgan fingerprint density at radius 3 is 1.90 bits per heavy atom. The normalized spacial score (nSPS) is 15.0. The molecule has 0 saturated heterocycles. The van der Waals surface area contributed by atoms with Gasteiger partial charge in [0.25, 0.3) is 0 Å². The summed E-state index contributed by atoms with van der Waals surface area (Å²) in [7, 11) is 0. The van der Waals surface area contributed by atoms with E-state index < -0.39 is 12.0 Å². The van der Waals surface area contributed by atoms with E-state index in [-0.39, 0.29) is 41.6 Å². The van der Waals surface area contributed by atoms with Gasteiger partial charge < -0.3 is 10.6 Å². The molecule has 2 N–H and O–H groups in total. The molecule has 0 radical (unpaired) electrons. The summed E-state index contributed by atoms with van der Waals surface area (Å²) in [4.78, 5) is 38.1. The summed E-state index contributed by atoms with van der Waals surface area (Å²) in [5.41, 5.74) is 0. The Hall–Kier alpha value is -1.23. The lowest BCUT2D eigenvalue weighted by Crippen LogP contribution is -2.45. The minimum atomic E-state index is -0.520. The molecule has 0 aromatic carbocycles. The van der Waals surface area contributed by atoms with Crippen LogP contribution in [0.4, 0.5) is 0 Å². The molecule has 176 valence electrons. The number of hydrogen-bond donors (Lipinski definition) is 2. The summed E-state index contributed by atoms with van der Waals surface area (Å²) in [5, 5.41) is 6.27. The van der Waals surface area contributed by atoms with Crippen LogP contribution in [0.15, 0.2) is 0 Å². The van der Waals surface area contributed by atoms with Crippen molar-refractivity contribution in [3.05, 3.63) is 0 Å². The molecule has 0 saturated carbocycles. The summed E-state index contributed by atoms with van der Waals surface area (Å²) in [5.74, 6) is 0.0180. The van der Waals surface area contributed by atoms with Crippen LogP contribution in [0.1, 0.15) is 94.4 Å². The van der Waals surface area contributed by atoms with Crippen LogP contribution in [0.5, 0.6) is 0 Å². The summed E-state index contributed by atoms with van der Waals surface area (Å²) in [6.45, 7) is 18.9. The Kier molecular flexibility index (Phi) is 14.1. The fraction of sp³-hybridized carbons (Fsp3) is 0.880. The van der Waals surface area contributed by atoms with E-state index in [1.165, 1.54) is 0 Å². The van der Waals surface area contributed by atoms with Crippen LogP contribution < -0.4 is 10.6 Å². The molecule has 0 heterocycles. The van der Waals surface area contributed by atoms with Gasteiger partial charge in [-0.15, -0.1) is 0 Å². The van der Waals surface area contributed by atoms with Gasteiger partial charge in [-0.25, -0.2) is 0 Å². The van der Waals surface area contributed by atoms with Crippen molar-refractivity contribution in [3.63, 3.8) is 0 Å². The zero-order chi connectivity index (χ0) is 23.4. The van der Waals surface area contributed by atoms with E-state index in [1.54, 1.807) is 6.92 Å². The highest BCUT2D eigenvalue weighted by Crippen LogP contribution is 2.25. The number of carbonyl (C=O) groups is 3. The Morgan fingerprint density at radius 2 is 1.43 bits per heavy atom. The van der Waals surface area contributed by atoms with Crippen molar-refractivity contribution in [2.75, 3.05) is 6.54 Å². The van der Waals surface area contributed by atoms with E-state index in [2.05, 4.69) is 38.3 Å². The fourth-order valence-corrected chi connectivity index (χ4v) is 3.79. The van der Waals surface area contributed by atoms with Crippen LogP contribution >= 0.6 is 0 Å². The van der Waals surface area contributed by atoms with Gasteiger partial charge in [-0.3, -0.25) is 14.4 Å². The highest BCUT2D eigenvalue weighted by atomic mass is 16.2. The van der Waals surface area contributed by atoms with Crippen LogP contribution in [-0.4, -0.2) is 36.1 Å². The third kappa shape index (κ3) is 11.8. The second-order valence-corrected chi connectivity index (χ2v) is 10.2. The number of hydrogen-bond acceptors (Lipinski definition) is 4. The topological polar surface area (TPSA) is 75.3 Å². The molecular weight excluding hydrogens is 376 g/mol. The van der Waals surface area contributed by atoms with E-state index in [0.717, 1.165) is 32.2 Å². The van der Waals surface area contributed by atoms with Crippen molar-refractivity contribution < 1.29 is 14.4 Å². The summed E-state index contributed by atoms with van der Waals surface area (Å²) < 4.78 is 0. The number of Topliss-reactive ketones (excluding diaryl/α,β-unsaturated/α-hetero) is 2. The quantitative estimate of drug-likeness (QED) is 0.350. The van der Waals surface area contributed by atoms with Crippen molar-refractivity contribution in [3.8, 4) is 0 Å². The lowest BCUT2D eigenvalue weighted by molar-refractivity contribution is -0.135. The minimum Gasteiger partial charge on any atom is -0.346 e. The lowest BCUT2D eigenvalue weighted by Gasteiger charge is -2.25. The lowest BCUT2D eigenvalue weighted by atomic mass is 9.81. The van der Waals surface area contributed by atoms with Gasteiger partial charge in [0.1, 0.15) is 5.78 Å². The number of unbranched alkanes of at least 4 members (excludes halogenated alkanes) is 1. The van der Waals surface area contributed by atoms with Gasteiger partial charge >= 0.3 is 0 Å². The van der Waals surface area contributed by atoms with Gasteiger partial charge in [0.2, 0.25) is 5.91 Å². The van der Waals surface area contributed by atoms with E-state index in [1.807, 2.05) is 27.7 Å². The van der Waals surface area contributed by atoms with Crippen LogP contribution in [0.2, 0.25) is 0 Å². The predicted molar refractivity (Wildman–Crippen MR) is 125 cm³/mol. The number of ketones is 2. The molecule has 0 aromatic heterocycles. The number of carbonyl (C=O) groups excluding carboxylic acids is 3. The number of nitrogens with one attached hydrogen (secondary N) is 2. The average Bonchev–Trinajstić information content (AvgIpc) is 2.62. The van der Waals surface area contributed by atoms with Crippen molar-refractivity contribution in [2.24, 2.45) is 29.6 Å². The molecule has 0 spiro atoms. The maximum absolute atomic E-state index is 13.1. The maximum atomic E-state index is 13.1. The Labute approximate surface area is 185 Å². The molecule has 0 aromatic rings. The van der Waals surface area contributed by atoms with Gasteiger partial charge in [-0.05, 0) is 44.6 Å². The Balaban J connectivity index is 4.97. The summed E-state index contributed by atoms with van der Waals surface area (Å²) in [6.07, 6.45) is 4.08. The Bertz CT molecular complexity index is 526. The molecule has 0 rings (SSSR count). The molecule has 0 fully saturated rings. The second kappa shape index (κ2) is 14.7. The molecule has 1 amide bonds. The van der Waals surface area contributed by atoms with Crippen LogP contribution in [0, 0.1) is 29.6 Å². The van der Waals surface area contributed by atoms with Gasteiger partial charge in [0.05, 0.1) is 6.04 Å². The van der Waals surface area contributed by atoms with E-state index in [4.69, 9.17) is 0 Å². The van der Waals surface area contributed by atoms with Crippen molar-refractivity contribution in [2.45, 2.75) is 107 Å². The number of rotatable bonds is 16. The second-order valence-electron chi connectivity index (χ2n) is 10.2. The third-order valence-electron chi connectivity index (χ3n) is 5.66. The minimum absolute atomic E-state index is 0.00724. The molecule has 0 aliphatic heterocycles. The van der Waals surface area contributed by atoms with E-state index in [9.17, 15) is 14.4 Å². The molecule has 0 aliphatic rings. The van der Waals surface area contributed by atoms with Gasteiger partial charge in [0, 0.05) is 30.2 Å². The third-order valence-corrected chi connectivity index (χ3v) is 5.66. The van der Waals surface area contributed by atoms with Crippen molar-refractivity contribution in [1.82, 2.24) is 10.6 Å². The largest absolute Gasteiger partial charge is 0.346 e. The zero-order valence-electron chi connectivity index (χ0n) is 21.0. The van der Waals surface area contributed by atoms with Gasteiger partial charge in [0.15, 0.2) is 5.78 Å². The van der Waals surface area contributed by atoms with Crippen LogP contribution in [0.3, 0.4) is 0 Å². The first-order valence-corrected chi connectivity index (χ1v) is 12.0. The molecule has 0 aliphatic carbocycles. The highest BCUT2D eigenvalue weighted by molar-refractivity contribution is 5.92. The van der Waals surface area contributed by atoms with Crippen molar-refractivity contribution >= 4 is 17.5 Å². The molecule has 30 heavy (non-hydrogen) atoms. The van der Waals surface area contributed by atoms with Gasteiger partial charge in [-0.2, -0.15) is 0 Å². The van der Waals surface area contributed by atoms with Crippen LogP contribution in [-0.2, 0) is 14.4 Å². The monoisotopic (exact) mass is 424 g/mol. The first kappa shape index (κ1) is 28.8. The SMILES string of the molecule is CC(C)CC(CCCCNC(C)C)C(=O)C[C@H](C(=O)N[C@@H](C)C(=O)C(C)C)C(C)C. The van der Waals surface area contributed by atoms with Crippen molar-refractivity contribution in [1.29, 1.82) is 0 Å².